The number of pyridine rings is 1. The van der Waals surface area contributed by atoms with Crippen molar-refractivity contribution in [3.63, 3.8) is 0 Å². The number of carbonyl (C=O) groups excluding carboxylic acids is 1. The van der Waals surface area contributed by atoms with Gasteiger partial charge in [0.05, 0.1) is 24.8 Å². The average molecular weight is 303 g/mol. The number of methoxy groups -OCH3 is 2. The zero-order valence-electron chi connectivity index (χ0n) is 11.5. The number of benzene rings is 1. The van der Waals surface area contributed by atoms with E-state index in [1.807, 2.05) is 24.3 Å². The first-order chi connectivity index (χ1) is 10.2. The Kier molecular flexibility index (Phi) is 3.57. The molecule has 2 heterocycles. The van der Waals surface area contributed by atoms with Crippen LogP contribution in [0, 0.1) is 0 Å². The van der Waals surface area contributed by atoms with Crippen LogP contribution < -0.4 is 19.1 Å². The summed E-state index contributed by atoms with van der Waals surface area (Å²) in [5.41, 5.74) is 0.796. The molecule has 0 saturated carbocycles. The maximum Gasteiger partial charge on any atom is 0.338 e. The van der Waals surface area contributed by atoms with Crippen molar-refractivity contribution in [2.75, 3.05) is 23.8 Å². The third kappa shape index (κ3) is 2.47. The van der Waals surface area contributed by atoms with Crippen molar-refractivity contribution in [2.24, 2.45) is 0 Å². The van der Waals surface area contributed by atoms with Gasteiger partial charge in [0.25, 0.3) is 5.88 Å². The van der Waals surface area contributed by atoms with Crippen LogP contribution in [0.15, 0.2) is 41.3 Å². The Morgan fingerprint density at radius 2 is 1.95 bits per heavy atom. The van der Waals surface area contributed by atoms with Crippen molar-refractivity contribution >= 4 is 29.5 Å². The molecule has 1 aliphatic rings. The molecule has 7 heteroatoms. The van der Waals surface area contributed by atoms with Gasteiger partial charge >= 0.3 is 6.03 Å². The predicted molar refractivity (Wildman–Crippen MR) is 81.1 cm³/mol. The molecular formula is C14H13N3O3S. The number of para-hydroxylation sites is 1. The summed E-state index contributed by atoms with van der Waals surface area (Å²) in [6.45, 7) is 0. The SMILES string of the molecule is COc1ccc(N2Sc3ccccc3NC2=O)nc1OC. The van der Waals surface area contributed by atoms with Crippen molar-refractivity contribution in [1.29, 1.82) is 0 Å². The first-order valence-corrected chi connectivity index (χ1v) is 6.97. The molecule has 1 aromatic heterocycles. The fraction of sp³-hybridized carbons (Fsp3) is 0.143. The van der Waals surface area contributed by atoms with Gasteiger partial charge in [0, 0.05) is 11.9 Å². The third-order valence-corrected chi connectivity index (χ3v) is 4.02. The molecule has 1 aromatic carbocycles. The van der Waals surface area contributed by atoms with Gasteiger partial charge in [-0.15, -0.1) is 0 Å². The first kappa shape index (κ1) is 13.6. The minimum atomic E-state index is -0.251. The number of anilines is 2. The topological polar surface area (TPSA) is 63.7 Å². The van der Waals surface area contributed by atoms with E-state index in [0.717, 1.165) is 10.6 Å². The Morgan fingerprint density at radius 1 is 1.14 bits per heavy atom. The van der Waals surface area contributed by atoms with Crippen LogP contribution in [0.5, 0.6) is 11.6 Å². The largest absolute Gasteiger partial charge is 0.491 e. The highest BCUT2D eigenvalue weighted by Crippen LogP contribution is 2.38. The van der Waals surface area contributed by atoms with Gasteiger partial charge < -0.3 is 14.8 Å². The summed E-state index contributed by atoms with van der Waals surface area (Å²) in [6.07, 6.45) is 0. The highest BCUT2D eigenvalue weighted by atomic mass is 32.2. The smallest absolute Gasteiger partial charge is 0.338 e. The van der Waals surface area contributed by atoms with Crippen LogP contribution in [0.3, 0.4) is 0 Å². The van der Waals surface area contributed by atoms with E-state index in [4.69, 9.17) is 9.47 Å². The standard InChI is InChI=1S/C14H13N3O3S/c1-19-10-7-8-12(16-13(10)20-2)17-14(18)15-9-5-3-4-6-11(9)21-17/h3-8H,1-2H3,(H,15,18). The summed E-state index contributed by atoms with van der Waals surface area (Å²) in [5.74, 6) is 1.33. The second-order valence-electron chi connectivity index (χ2n) is 4.19. The zero-order chi connectivity index (χ0) is 14.8. The lowest BCUT2D eigenvalue weighted by atomic mass is 10.3. The van der Waals surface area contributed by atoms with E-state index in [9.17, 15) is 4.79 Å². The molecular weight excluding hydrogens is 290 g/mol. The predicted octanol–water partition coefficient (Wildman–Crippen LogP) is 3.16. The highest BCUT2D eigenvalue weighted by molar-refractivity contribution is 8.01. The molecule has 0 fully saturated rings. The van der Waals surface area contributed by atoms with Gasteiger partial charge in [-0.25, -0.2) is 9.10 Å². The van der Waals surface area contributed by atoms with Crippen molar-refractivity contribution in [2.45, 2.75) is 4.90 Å². The molecule has 2 amide bonds. The van der Waals surface area contributed by atoms with Gasteiger partial charge in [-0.2, -0.15) is 4.98 Å². The van der Waals surface area contributed by atoms with Crippen LogP contribution in [-0.2, 0) is 0 Å². The Labute approximate surface area is 126 Å². The fourth-order valence-electron chi connectivity index (χ4n) is 1.94. The highest BCUT2D eigenvalue weighted by Gasteiger charge is 2.26. The van der Waals surface area contributed by atoms with Crippen molar-refractivity contribution in [3.8, 4) is 11.6 Å². The number of rotatable bonds is 3. The van der Waals surface area contributed by atoms with E-state index in [0.29, 0.717) is 17.4 Å². The van der Waals surface area contributed by atoms with Crippen LogP contribution in [-0.4, -0.2) is 25.2 Å². The fourth-order valence-corrected chi connectivity index (χ4v) is 2.82. The minimum Gasteiger partial charge on any atom is -0.491 e. The first-order valence-electron chi connectivity index (χ1n) is 6.20. The lowest BCUT2D eigenvalue weighted by molar-refractivity contribution is 0.259. The molecule has 0 unspecified atom stereocenters. The maximum atomic E-state index is 12.2. The molecule has 0 radical (unpaired) electrons. The number of aromatic nitrogens is 1. The van der Waals surface area contributed by atoms with Gasteiger partial charge in [0.1, 0.15) is 0 Å². The number of nitrogens with zero attached hydrogens (tertiary/aromatic N) is 2. The third-order valence-electron chi connectivity index (χ3n) is 2.93. The summed E-state index contributed by atoms with van der Waals surface area (Å²) in [7, 11) is 3.05. The summed E-state index contributed by atoms with van der Waals surface area (Å²) < 4.78 is 11.8. The lowest BCUT2D eigenvalue weighted by Crippen LogP contribution is -2.33. The van der Waals surface area contributed by atoms with Gasteiger partial charge in [0.2, 0.25) is 0 Å². The van der Waals surface area contributed by atoms with E-state index in [1.54, 1.807) is 12.1 Å². The van der Waals surface area contributed by atoms with Crippen LogP contribution in [0.25, 0.3) is 0 Å². The molecule has 0 bridgehead atoms. The molecule has 108 valence electrons. The Bertz CT molecular complexity index is 693. The number of fused-ring (bicyclic) bond motifs is 1. The van der Waals surface area contributed by atoms with Crippen LogP contribution in [0.1, 0.15) is 0 Å². The molecule has 6 nitrogen and oxygen atoms in total. The number of hydrogen-bond donors (Lipinski definition) is 1. The lowest BCUT2D eigenvalue weighted by Gasteiger charge is -2.27. The molecule has 3 rings (SSSR count). The maximum absolute atomic E-state index is 12.2. The summed E-state index contributed by atoms with van der Waals surface area (Å²) >= 11 is 1.31. The second kappa shape index (κ2) is 5.53. The van der Waals surface area contributed by atoms with Crippen LogP contribution in [0.2, 0.25) is 0 Å². The number of urea groups is 1. The number of carbonyl (C=O) groups is 1. The molecule has 1 N–H and O–H groups in total. The number of ether oxygens (including phenoxy) is 2. The molecule has 21 heavy (non-hydrogen) atoms. The van der Waals surface area contributed by atoms with Crippen molar-refractivity contribution in [1.82, 2.24) is 4.98 Å². The second-order valence-corrected chi connectivity index (χ2v) is 5.18. The summed E-state index contributed by atoms with van der Waals surface area (Å²) in [6, 6.07) is 10.8. The van der Waals surface area contributed by atoms with Gasteiger partial charge in [-0.05, 0) is 24.3 Å². The Hall–Kier alpha value is -2.41. The molecule has 0 saturated heterocycles. The van der Waals surface area contributed by atoms with Gasteiger partial charge in [-0.3, -0.25) is 0 Å². The quantitative estimate of drug-likeness (QED) is 0.882. The minimum absolute atomic E-state index is 0.251. The number of nitrogens with one attached hydrogen (secondary N) is 1. The van der Waals surface area contributed by atoms with E-state index in [2.05, 4.69) is 10.3 Å². The number of hydrogen-bond acceptors (Lipinski definition) is 5. The molecule has 0 aliphatic carbocycles. The number of amides is 2. The molecule has 2 aromatic rings. The van der Waals surface area contributed by atoms with E-state index in [1.165, 1.54) is 30.5 Å². The van der Waals surface area contributed by atoms with E-state index < -0.39 is 0 Å². The van der Waals surface area contributed by atoms with Gasteiger partial charge in [0.15, 0.2) is 11.6 Å². The molecule has 0 atom stereocenters. The Balaban J connectivity index is 1.96. The molecule has 1 aliphatic heterocycles. The Morgan fingerprint density at radius 3 is 2.71 bits per heavy atom. The summed E-state index contributed by atoms with van der Waals surface area (Å²) in [5, 5.41) is 2.83. The van der Waals surface area contributed by atoms with Crippen LogP contribution in [0.4, 0.5) is 16.3 Å². The van der Waals surface area contributed by atoms with Crippen molar-refractivity contribution in [3.05, 3.63) is 36.4 Å². The van der Waals surface area contributed by atoms with E-state index >= 15 is 0 Å². The van der Waals surface area contributed by atoms with Crippen LogP contribution >= 0.6 is 11.9 Å². The van der Waals surface area contributed by atoms with Crippen molar-refractivity contribution < 1.29 is 14.3 Å². The zero-order valence-corrected chi connectivity index (χ0v) is 12.3. The monoisotopic (exact) mass is 303 g/mol. The van der Waals surface area contributed by atoms with E-state index in [-0.39, 0.29) is 6.03 Å². The molecule has 0 spiro atoms. The van der Waals surface area contributed by atoms with Gasteiger partial charge in [-0.1, -0.05) is 12.1 Å². The summed E-state index contributed by atoms with van der Waals surface area (Å²) in [4.78, 5) is 17.5. The normalized spacial score (nSPS) is 13.4. The average Bonchev–Trinajstić information content (AvgIpc) is 2.53.